The molecule has 0 amide bonds. The lowest BCUT2D eigenvalue weighted by Gasteiger charge is -2.07. The molecule has 0 aliphatic rings. The SMILES string of the molecule is C=C(C)Sc1cc(C)ccc1CC. The van der Waals surface area contributed by atoms with Crippen LogP contribution in [0.2, 0.25) is 0 Å². The van der Waals surface area contributed by atoms with Crippen LogP contribution in [0.5, 0.6) is 0 Å². The lowest BCUT2D eigenvalue weighted by molar-refractivity contribution is 1.08. The first-order chi connectivity index (χ1) is 6.13. The van der Waals surface area contributed by atoms with E-state index in [4.69, 9.17) is 0 Å². The smallest absolute Gasteiger partial charge is 0.0153 e. The normalized spacial score (nSPS) is 10.1. The molecule has 0 aromatic heterocycles. The van der Waals surface area contributed by atoms with E-state index in [0.717, 1.165) is 11.3 Å². The zero-order valence-corrected chi connectivity index (χ0v) is 9.37. The molecule has 0 aliphatic heterocycles. The van der Waals surface area contributed by atoms with Crippen molar-refractivity contribution in [3.05, 3.63) is 40.8 Å². The van der Waals surface area contributed by atoms with Crippen molar-refractivity contribution in [2.75, 3.05) is 0 Å². The molecule has 0 nitrogen and oxygen atoms in total. The first kappa shape index (κ1) is 10.4. The Hall–Kier alpha value is -0.690. The number of hydrogen-bond acceptors (Lipinski definition) is 1. The number of allylic oxidation sites excluding steroid dienone is 1. The van der Waals surface area contributed by atoms with E-state index in [9.17, 15) is 0 Å². The molecule has 0 saturated carbocycles. The van der Waals surface area contributed by atoms with Crippen LogP contribution in [0.15, 0.2) is 34.6 Å². The molecule has 0 heterocycles. The average Bonchev–Trinajstić information content (AvgIpc) is 2.03. The largest absolute Gasteiger partial charge is 0.0952 e. The third-order valence-electron chi connectivity index (χ3n) is 1.89. The Morgan fingerprint density at radius 3 is 2.69 bits per heavy atom. The topological polar surface area (TPSA) is 0 Å². The highest BCUT2D eigenvalue weighted by Gasteiger charge is 2.01. The molecule has 70 valence electrons. The van der Waals surface area contributed by atoms with Crippen LogP contribution in [-0.2, 0) is 6.42 Å². The molecular formula is C12H16S. The van der Waals surface area contributed by atoms with Crippen molar-refractivity contribution in [3.63, 3.8) is 0 Å². The van der Waals surface area contributed by atoms with Gasteiger partial charge < -0.3 is 0 Å². The second kappa shape index (κ2) is 4.52. The van der Waals surface area contributed by atoms with Gasteiger partial charge in [-0.15, -0.1) is 0 Å². The third-order valence-corrected chi connectivity index (χ3v) is 2.84. The number of rotatable bonds is 3. The first-order valence-corrected chi connectivity index (χ1v) is 5.38. The molecule has 0 radical (unpaired) electrons. The minimum atomic E-state index is 1.09. The van der Waals surface area contributed by atoms with E-state index in [2.05, 4.69) is 38.6 Å². The van der Waals surface area contributed by atoms with Crippen molar-refractivity contribution in [1.82, 2.24) is 0 Å². The van der Waals surface area contributed by atoms with Crippen molar-refractivity contribution >= 4 is 11.8 Å². The Balaban J connectivity index is 3.01. The van der Waals surface area contributed by atoms with Gasteiger partial charge in [-0.3, -0.25) is 0 Å². The van der Waals surface area contributed by atoms with Crippen LogP contribution in [0, 0.1) is 6.92 Å². The standard InChI is InChI=1S/C12H16S/c1-5-11-7-6-10(4)8-12(11)13-9(2)3/h6-8H,2,5H2,1,3-4H3. The van der Waals surface area contributed by atoms with Crippen LogP contribution >= 0.6 is 11.8 Å². The zero-order valence-electron chi connectivity index (χ0n) is 8.55. The summed E-state index contributed by atoms with van der Waals surface area (Å²) >= 11 is 1.77. The second-order valence-electron chi connectivity index (χ2n) is 3.27. The maximum Gasteiger partial charge on any atom is 0.0153 e. The van der Waals surface area contributed by atoms with Gasteiger partial charge in [0, 0.05) is 4.90 Å². The average molecular weight is 192 g/mol. The fraction of sp³-hybridized carbons (Fsp3) is 0.333. The molecule has 1 aromatic carbocycles. The first-order valence-electron chi connectivity index (χ1n) is 4.56. The Morgan fingerprint density at radius 1 is 1.46 bits per heavy atom. The molecule has 0 aliphatic carbocycles. The Kier molecular flexibility index (Phi) is 3.61. The van der Waals surface area contributed by atoms with Gasteiger partial charge in [-0.1, -0.05) is 37.4 Å². The summed E-state index contributed by atoms with van der Waals surface area (Å²) in [6.45, 7) is 10.3. The number of aryl methyl sites for hydroxylation is 2. The molecule has 0 unspecified atom stereocenters. The van der Waals surface area contributed by atoms with Crippen LogP contribution in [0.3, 0.4) is 0 Å². The minimum Gasteiger partial charge on any atom is -0.0952 e. The summed E-state index contributed by atoms with van der Waals surface area (Å²) in [5.74, 6) is 0. The van der Waals surface area contributed by atoms with Gasteiger partial charge >= 0.3 is 0 Å². The monoisotopic (exact) mass is 192 g/mol. The van der Waals surface area contributed by atoms with Crippen molar-refractivity contribution in [1.29, 1.82) is 0 Å². The van der Waals surface area contributed by atoms with Crippen LogP contribution in [0.25, 0.3) is 0 Å². The van der Waals surface area contributed by atoms with Crippen LogP contribution in [-0.4, -0.2) is 0 Å². The molecule has 0 atom stereocenters. The molecule has 0 bridgehead atoms. The van der Waals surface area contributed by atoms with Gasteiger partial charge in [0.2, 0.25) is 0 Å². The maximum atomic E-state index is 3.92. The summed E-state index contributed by atoms with van der Waals surface area (Å²) in [6.07, 6.45) is 1.09. The van der Waals surface area contributed by atoms with E-state index in [1.165, 1.54) is 16.0 Å². The van der Waals surface area contributed by atoms with E-state index in [1.807, 2.05) is 6.92 Å². The Bertz CT molecular complexity index is 313. The molecule has 1 heteroatoms. The van der Waals surface area contributed by atoms with E-state index >= 15 is 0 Å². The molecule has 0 spiro atoms. The molecule has 13 heavy (non-hydrogen) atoms. The van der Waals surface area contributed by atoms with Crippen molar-refractivity contribution in [2.45, 2.75) is 32.1 Å². The minimum absolute atomic E-state index is 1.09. The third kappa shape index (κ3) is 2.92. The number of hydrogen-bond donors (Lipinski definition) is 0. The fourth-order valence-electron chi connectivity index (χ4n) is 1.24. The summed E-state index contributed by atoms with van der Waals surface area (Å²) in [6, 6.07) is 6.61. The predicted molar refractivity (Wildman–Crippen MR) is 61.2 cm³/mol. The van der Waals surface area contributed by atoms with Crippen LogP contribution < -0.4 is 0 Å². The van der Waals surface area contributed by atoms with Gasteiger partial charge in [-0.25, -0.2) is 0 Å². The lowest BCUT2D eigenvalue weighted by atomic mass is 10.1. The van der Waals surface area contributed by atoms with E-state index < -0.39 is 0 Å². The molecule has 1 rings (SSSR count). The lowest BCUT2D eigenvalue weighted by Crippen LogP contribution is -1.86. The summed E-state index contributed by atoms with van der Waals surface area (Å²) in [4.78, 5) is 2.51. The quantitative estimate of drug-likeness (QED) is 0.647. The van der Waals surface area contributed by atoms with Gasteiger partial charge in [-0.05, 0) is 42.4 Å². The number of thioether (sulfide) groups is 1. The summed E-state index contributed by atoms with van der Waals surface area (Å²) in [5.41, 5.74) is 2.74. The van der Waals surface area contributed by atoms with E-state index in [-0.39, 0.29) is 0 Å². The highest BCUT2D eigenvalue weighted by atomic mass is 32.2. The molecular weight excluding hydrogens is 176 g/mol. The van der Waals surface area contributed by atoms with Gasteiger partial charge in [0.1, 0.15) is 0 Å². The Labute approximate surface area is 85.1 Å². The van der Waals surface area contributed by atoms with Gasteiger partial charge in [-0.2, -0.15) is 0 Å². The molecule has 0 fully saturated rings. The van der Waals surface area contributed by atoms with Crippen molar-refractivity contribution in [3.8, 4) is 0 Å². The van der Waals surface area contributed by atoms with Gasteiger partial charge in [0.15, 0.2) is 0 Å². The predicted octanol–water partition coefficient (Wildman–Crippen LogP) is 4.18. The van der Waals surface area contributed by atoms with Crippen LogP contribution in [0.4, 0.5) is 0 Å². The van der Waals surface area contributed by atoms with Gasteiger partial charge in [0.25, 0.3) is 0 Å². The summed E-state index contributed by atoms with van der Waals surface area (Å²) in [5, 5.41) is 0. The highest BCUT2D eigenvalue weighted by molar-refractivity contribution is 8.03. The molecule has 1 aromatic rings. The maximum absolute atomic E-state index is 3.92. The van der Waals surface area contributed by atoms with Crippen LogP contribution in [0.1, 0.15) is 25.0 Å². The molecule has 0 saturated heterocycles. The highest BCUT2D eigenvalue weighted by Crippen LogP contribution is 2.29. The van der Waals surface area contributed by atoms with E-state index in [1.54, 1.807) is 11.8 Å². The van der Waals surface area contributed by atoms with Gasteiger partial charge in [0.05, 0.1) is 0 Å². The van der Waals surface area contributed by atoms with Crippen molar-refractivity contribution in [2.24, 2.45) is 0 Å². The second-order valence-corrected chi connectivity index (χ2v) is 4.61. The summed E-state index contributed by atoms with van der Waals surface area (Å²) in [7, 11) is 0. The molecule has 0 N–H and O–H groups in total. The van der Waals surface area contributed by atoms with E-state index in [0.29, 0.717) is 0 Å². The number of benzene rings is 1. The Morgan fingerprint density at radius 2 is 2.15 bits per heavy atom. The van der Waals surface area contributed by atoms with Crippen molar-refractivity contribution < 1.29 is 0 Å². The summed E-state index contributed by atoms with van der Waals surface area (Å²) < 4.78 is 0. The zero-order chi connectivity index (χ0) is 9.84. The fourth-order valence-corrected chi connectivity index (χ4v) is 2.20.